The molecule has 0 atom stereocenters. The second-order valence-corrected chi connectivity index (χ2v) is 3.44. The van der Waals surface area contributed by atoms with E-state index in [-0.39, 0.29) is 0 Å². The molecule has 0 bridgehead atoms. The quantitative estimate of drug-likeness (QED) is 0.645. The predicted octanol–water partition coefficient (Wildman–Crippen LogP) is -0.223. The first-order valence-electron chi connectivity index (χ1n) is 4.82. The van der Waals surface area contributed by atoms with E-state index in [1.807, 2.05) is 13.0 Å². The van der Waals surface area contributed by atoms with Crippen LogP contribution in [0.1, 0.15) is 5.82 Å². The van der Waals surface area contributed by atoms with Crippen LogP contribution in [0, 0.1) is 6.92 Å². The van der Waals surface area contributed by atoms with E-state index in [0.29, 0.717) is 5.82 Å². The van der Waals surface area contributed by atoms with Crippen molar-refractivity contribution in [3.63, 3.8) is 0 Å². The topological polar surface area (TPSA) is 67.1 Å². The largest absolute Gasteiger partial charge is 0.384 e. The molecule has 0 aliphatic carbocycles. The van der Waals surface area contributed by atoms with E-state index in [2.05, 4.69) is 20.2 Å². The summed E-state index contributed by atoms with van der Waals surface area (Å²) in [6.07, 6.45) is 0. The Morgan fingerprint density at radius 1 is 1.36 bits per heavy atom. The van der Waals surface area contributed by atoms with Gasteiger partial charge in [-0.3, -0.25) is 0 Å². The number of anilines is 2. The Bertz CT molecular complexity index is 299. The number of nitrogen functional groups attached to an aromatic ring is 1. The molecule has 1 aliphatic rings. The van der Waals surface area contributed by atoms with Crippen LogP contribution in [-0.4, -0.2) is 36.1 Å². The Labute approximate surface area is 83.3 Å². The Morgan fingerprint density at radius 3 is 2.71 bits per heavy atom. The molecule has 0 radical (unpaired) electrons. The molecule has 0 amide bonds. The summed E-state index contributed by atoms with van der Waals surface area (Å²) in [6.45, 7) is 5.83. The van der Waals surface area contributed by atoms with Gasteiger partial charge in [0.05, 0.1) is 0 Å². The third-order valence-corrected chi connectivity index (χ3v) is 2.29. The lowest BCUT2D eigenvalue weighted by molar-refractivity contribution is 0.584. The van der Waals surface area contributed by atoms with Crippen molar-refractivity contribution in [2.45, 2.75) is 6.92 Å². The van der Waals surface area contributed by atoms with Gasteiger partial charge >= 0.3 is 0 Å². The number of aromatic nitrogens is 2. The van der Waals surface area contributed by atoms with E-state index in [4.69, 9.17) is 5.73 Å². The monoisotopic (exact) mass is 193 g/mol. The fraction of sp³-hybridized carbons (Fsp3) is 0.556. The first-order chi connectivity index (χ1) is 6.75. The first kappa shape index (κ1) is 9.21. The van der Waals surface area contributed by atoms with Crippen molar-refractivity contribution in [3.05, 3.63) is 11.9 Å². The number of aryl methyl sites for hydroxylation is 1. The highest BCUT2D eigenvalue weighted by molar-refractivity contribution is 5.47. The van der Waals surface area contributed by atoms with Gasteiger partial charge in [-0.05, 0) is 6.92 Å². The zero-order valence-electron chi connectivity index (χ0n) is 8.32. The van der Waals surface area contributed by atoms with Gasteiger partial charge in [0.1, 0.15) is 17.5 Å². The summed E-state index contributed by atoms with van der Waals surface area (Å²) in [5, 5.41) is 3.30. The minimum absolute atomic E-state index is 0.547. The average molecular weight is 193 g/mol. The summed E-state index contributed by atoms with van der Waals surface area (Å²) in [4.78, 5) is 10.6. The second-order valence-electron chi connectivity index (χ2n) is 3.44. The van der Waals surface area contributed by atoms with E-state index < -0.39 is 0 Å². The zero-order chi connectivity index (χ0) is 9.97. The molecule has 14 heavy (non-hydrogen) atoms. The molecular weight excluding hydrogens is 178 g/mol. The summed E-state index contributed by atoms with van der Waals surface area (Å²) in [5.41, 5.74) is 5.67. The number of nitrogens with one attached hydrogen (secondary N) is 1. The summed E-state index contributed by atoms with van der Waals surface area (Å²) in [5.74, 6) is 2.22. The standard InChI is InChI=1S/C9H15N5/c1-7-12-8(10)6-9(13-7)14-4-2-11-3-5-14/h6,11H,2-5H2,1H3,(H2,10,12,13). The van der Waals surface area contributed by atoms with E-state index in [1.54, 1.807) is 0 Å². The summed E-state index contributed by atoms with van der Waals surface area (Å²) in [7, 11) is 0. The lowest BCUT2D eigenvalue weighted by Crippen LogP contribution is -2.44. The van der Waals surface area contributed by atoms with Crippen molar-refractivity contribution in [3.8, 4) is 0 Å². The molecule has 1 aromatic rings. The molecule has 2 heterocycles. The van der Waals surface area contributed by atoms with Gasteiger partial charge in [-0.2, -0.15) is 0 Å². The van der Waals surface area contributed by atoms with Crippen molar-refractivity contribution in [2.24, 2.45) is 0 Å². The fourth-order valence-electron chi connectivity index (χ4n) is 1.63. The minimum Gasteiger partial charge on any atom is -0.384 e. The first-order valence-corrected chi connectivity index (χ1v) is 4.82. The summed E-state index contributed by atoms with van der Waals surface area (Å²) < 4.78 is 0. The number of rotatable bonds is 1. The predicted molar refractivity (Wildman–Crippen MR) is 56.3 cm³/mol. The molecule has 5 heteroatoms. The second kappa shape index (κ2) is 3.79. The molecular formula is C9H15N5. The third-order valence-electron chi connectivity index (χ3n) is 2.29. The summed E-state index contributed by atoms with van der Waals surface area (Å²) in [6, 6.07) is 1.83. The van der Waals surface area contributed by atoms with E-state index in [0.717, 1.165) is 37.8 Å². The van der Waals surface area contributed by atoms with Gasteiger partial charge in [-0.1, -0.05) is 0 Å². The molecule has 0 saturated carbocycles. The molecule has 3 N–H and O–H groups in total. The molecule has 76 valence electrons. The zero-order valence-corrected chi connectivity index (χ0v) is 8.32. The van der Waals surface area contributed by atoms with E-state index in [1.165, 1.54) is 0 Å². The van der Waals surface area contributed by atoms with Gasteiger partial charge in [0.25, 0.3) is 0 Å². The highest BCUT2D eigenvalue weighted by Gasteiger charge is 2.12. The van der Waals surface area contributed by atoms with Gasteiger partial charge in [-0.25, -0.2) is 9.97 Å². The van der Waals surface area contributed by atoms with Crippen LogP contribution < -0.4 is 16.0 Å². The third kappa shape index (κ3) is 1.93. The van der Waals surface area contributed by atoms with Crippen molar-refractivity contribution in [1.82, 2.24) is 15.3 Å². The van der Waals surface area contributed by atoms with Gasteiger partial charge in [0, 0.05) is 32.2 Å². The van der Waals surface area contributed by atoms with Crippen molar-refractivity contribution >= 4 is 11.6 Å². The Balaban J connectivity index is 2.21. The Morgan fingerprint density at radius 2 is 2.07 bits per heavy atom. The number of nitrogens with two attached hydrogens (primary N) is 1. The number of hydrogen-bond donors (Lipinski definition) is 2. The average Bonchev–Trinajstić information content (AvgIpc) is 2.18. The number of hydrogen-bond acceptors (Lipinski definition) is 5. The SMILES string of the molecule is Cc1nc(N)cc(N2CCNCC2)n1. The maximum Gasteiger partial charge on any atom is 0.134 e. The molecule has 1 aromatic heterocycles. The van der Waals surface area contributed by atoms with Crippen molar-refractivity contribution in [2.75, 3.05) is 36.8 Å². The van der Waals surface area contributed by atoms with Crippen LogP contribution in [0.25, 0.3) is 0 Å². The molecule has 0 aromatic carbocycles. The smallest absolute Gasteiger partial charge is 0.134 e. The van der Waals surface area contributed by atoms with Crippen LogP contribution in [0.5, 0.6) is 0 Å². The molecule has 0 spiro atoms. The summed E-state index contributed by atoms with van der Waals surface area (Å²) >= 11 is 0. The molecule has 1 aliphatic heterocycles. The van der Waals surface area contributed by atoms with Gasteiger partial charge in [-0.15, -0.1) is 0 Å². The molecule has 1 saturated heterocycles. The van der Waals surface area contributed by atoms with Crippen molar-refractivity contribution < 1.29 is 0 Å². The van der Waals surface area contributed by atoms with Gasteiger partial charge in [0.15, 0.2) is 0 Å². The lowest BCUT2D eigenvalue weighted by atomic mass is 10.3. The van der Waals surface area contributed by atoms with Crippen LogP contribution >= 0.6 is 0 Å². The highest BCUT2D eigenvalue weighted by atomic mass is 15.2. The van der Waals surface area contributed by atoms with Crippen LogP contribution in [0.3, 0.4) is 0 Å². The normalized spacial score (nSPS) is 17.1. The molecule has 2 rings (SSSR count). The maximum atomic E-state index is 5.67. The minimum atomic E-state index is 0.547. The Kier molecular flexibility index (Phi) is 2.49. The Hall–Kier alpha value is -1.36. The van der Waals surface area contributed by atoms with E-state index in [9.17, 15) is 0 Å². The highest BCUT2D eigenvalue weighted by Crippen LogP contribution is 2.13. The van der Waals surface area contributed by atoms with Crippen LogP contribution in [-0.2, 0) is 0 Å². The van der Waals surface area contributed by atoms with E-state index >= 15 is 0 Å². The molecule has 5 nitrogen and oxygen atoms in total. The van der Waals surface area contributed by atoms with Crippen LogP contribution in [0.4, 0.5) is 11.6 Å². The van der Waals surface area contributed by atoms with Crippen molar-refractivity contribution in [1.29, 1.82) is 0 Å². The van der Waals surface area contributed by atoms with Gasteiger partial charge < -0.3 is 16.0 Å². The lowest BCUT2D eigenvalue weighted by Gasteiger charge is -2.28. The van der Waals surface area contributed by atoms with Crippen LogP contribution in [0.15, 0.2) is 6.07 Å². The molecule has 0 unspecified atom stereocenters. The maximum absolute atomic E-state index is 5.67. The fourth-order valence-corrected chi connectivity index (χ4v) is 1.63. The van der Waals surface area contributed by atoms with Gasteiger partial charge in [0.2, 0.25) is 0 Å². The number of piperazine rings is 1. The molecule has 1 fully saturated rings. The number of nitrogens with zero attached hydrogens (tertiary/aromatic N) is 3. The van der Waals surface area contributed by atoms with Crippen LogP contribution in [0.2, 0.25) is 0 Å².